The Balaban J connectivity index is 0.000000423. The van der Waals surface area contributed by atoms with E-state index in [2.05, 4.69) is 4.74 Å². The van der Waals surface area contributed by atoms with Crippen molar-refractivity contribution in [2.75, 3.05) is 27.2 Å². The Morgan fingerprint density at radius 2 is 2.13 bits per heavy atom. The SMILES string of the molecule is CN1CC(F)CC(C(=O)O)C1.COC=O. The van der Waals surface area contributed by atoms with Crippen LogP contribution in [0.2, 0.25) is 0 Å². The molecule has 1 N–H and O–H groups in total. The van der Waals surface area contributed by atoms with E-state index >= 15 is 0 Å². The van der Waals surface area contributed by atoms with Gasteiger partial charge in [0.25, 0.3) is 6.47 Å². The number of rotatable bonds is 2. The van der Waals surface area contributed by atoms with E-state index in [9.17, 15) is 9.18 Å². The van der Waals surface area contributed by atoms with Crippen molar-refractivity contribution in [2.45, 2.75) is 12.6 Å². The number of carbonyl (C=O) groups is 2. The molecule has 1 aliphatic rings. The first kappa shape index (κ1) is 13.8. The summed E-state index contributed by atoms with van der Waals surface area (Å²) in [7, 11) is 3.05. The van der Waals surface area contributed by atoms with Crippen LogP contribution < -0.4 is 0 Å². The molecule has 0 aromatic heterocycles. The molecule has 0 radical (unpaired) electrons. The second-order valence-corrected chi connectivity index (χ2v) is 3.42. The van der Waals surface area contributed by atoms with Crippen molar-refractivity contribution in [1.29, 1.82) is 0 Å². The number of aliphatic carboxylic acids is 1. The molecule has 1 fully saturated rings. The molecule has 15 heavy (non-hydrogen) atoms. The first-order chi connectivity index (χ1) is 7.01. The van der Waals surface area contributed by atoms with Crippen molar-refractivity contribution in [3.8, 4) is 0 Å². The molecule has 6 heteroatoms. The molecule has 1 heterocycles. The molecule has 0 aliphatic carbocycles. The molecule has 2 unspecified atom stereocenters. The number of carboxylic acid groups (broad SMARTS) is 1. The van der Waals surface area contributed by atoms with Crippen molar-refractivity contribution in [3.63, 3.8) is 0 Å². The van der Waals surface area contributed by atoms with Crippen LogP contribution in [0.25, 0.3) is 0 Å². The second kappa shape index (κ2) is 7.17. The Kier molecular flexibility index (Phi) is 6.61. The zero-order valence-corrected chi connectivity index (χ0v) is 8.85. The summed E-state index contributed by atoms with van der Waals surface area (Å²) in [5.74, 6) is -1.41. The highest BCUT2D eigenvalue weighted by atomic mass is 19.1. The van der Waals surface area contributed by atoms with Crippen molar-refractivity contribution in [1.82, 2.24) is 4.90 Å². The summed E-state index contributed by atoms with van der Waals surface area (Å²) in [6.07, 6.45) is -0.811. The molecule has 0 saturated carbocycles. The molecule has 0 aromatic rings. The molecule has 0 aromatic carbocycles. The van der Waals surface area contributed by atoms with Crippen LogP contribution in [0.3, 0.4) is 0 Å². The number of carboxylic acids is 1. The molecule has 2 atom stereocenters. The fraction of sp³-hybridized carbons (Fsp3) is 0.778. The third kappa shape index (κ3) is 6.01. The van der Waals surface area contributed by atoms with Crippen LogP contribution in [0.15, 0.2) is 0 Å². The maximum absolute atomic E-state index is 12.7. The third-order valence-corrected chi connectivity index (χ3v) is 2.03. The van der Waals surface area contributed by atoms with E-state index in [4.69, 9.17) is 9.90 Å². The van der Waals surface area contributed by atoms with Crippen LogP contribution in [0.4, 0.5) is 4.39 Å². The predicted octanol–water partition coefficient (Wildman–Crippen LogP) is 0.150. The largest absolute Gasteiger partial charge is 0.481 e. The van der Waals surface area contributed by atoms with E-state index < -0.39 is 18.1 Å². The van der Waals surface area contributed by atoms with Crippen molar-refractivity contribution >= 4 is 12.4 Å². The van der Waals surface area contributed by atoms with Gasteiger partial charge >= 0.3 is 5.97 Å². The molecule has 5 nitrogen and oxygen atoms in total. The van der Waals surface area contributed by atoms with Gasteiger partial charge in [-0.1, -0.05) is 0 Å². The summed E-state index contributed by atoms with van der Waals surface area (Å²) in [6, 6.07) is 0. The van der Waals surface area contributed by atoms with Gasteiger partial charge in [0.2, 0.25) is 0 Å². The summed E-state index contributed by atoms with van der Waals surface area (Å²) in [5.41, 5.74) is 0. The highest BCUT2D eigenvalue weighted by molar-refractivity contribution is 5.70. The molecule has 1 aliphatic heterocycles. The molecule has 1 saturated heterocycles. The van der Waals surface area contributed by atoms with E-state index in [0.717, 1.165) is 0 Å². The number of halogens is 1. The summed E-state index contributed by atoms with van der Waals surface area (Å²) in [6.45, 7) is 1.21. The fourth-order valence-electron chi connectivity index (χ4n) is 1.43. The third-order valence-electron chi connectivity index (χ3n) is 2.03. The van der Waals surface area contributed by atoms with Gasteiger partial charge in [0.15, 0.2) is 0 Å². The molecule has 0 bridgehead atoms. The number of hydrogen-bond donors (Lipinski definition) is 1. The number of likely N-dealkylation sites (tertiary alicyclic amines) is 1. The van der Waals surface area contributed by atoms with Crippen LogP contribution in [0, 0.1) is 5.92 Å². The Labute approximate surface area is 87.8 Å². The molecular formula is C9H16FNO4. The lowest BCUT2D eigenvalue weighted by Crippen LogP contribution is -2.41. The lowest BCUT2D eigenvalue weighted by atomic mass is 9.97. The smallest absolute Gasteiger partial charge is 0.307 e. The first-order valence-corrected chi connectivity index (χ1v) is 4.53. The number of carbonyl (C=O) groups excluding carboxylic acids is 1. The Hall–Kier alpha value is -1.17. The fourth-order valence-corrected chi connectivity index (χ4v) is 1.43. The number of alkyl halides is 1. The van der Waals surface area contributed by atoms with Gasteiger partial charge in [-0.05, 0) is 13.5 Å². The van der Waals surface area contributed by atoms with Crippen LogP contribution >= 0.6 is 0 Å². The molecule has 1 rings (SSSR count). The summed E-state index contributed by atoms with van der Waals surface area (Å²) >= 11 is 0. The van der Waals surface area contributed by atoms with Gasteiger partial charge in [-0.3, -0.25) is 9.59 Å². The van der Waals surface area contributed by atoms with E-state index in [0.29, 0.717) is 19.6 Å². The Morgan fingerprint density at radius 1 is 1.60 bits per heavy atom. The summed E-state index contributed by atoms with van der Waals surface area (Å²) in [4.78, 5) is 21.1. The average molecular weight is 221 g/mol. The highest BCUT2D eigenvalue weighted by Gasteiger charge is 2.29. The van der Waals surface area contributed by atoms with Crippen molar-refractivity contribution in [2.24, 2.45) is 5.92 Å². The maximum atomic E-state index is 12.7. The number of ether oxygens (including phenoxy) is 1. The van der Waals surface area contributed by atoms with Crippen LogP contribution in [-0.2, 0) is 14.3 Å². The van der Waals surface area contributed by atoms with Gasteiger partial charge in [0, 0.05) is 13.1 Å². The van der Waals surface area contributed by atoms with Gasteiger partial charge in [0.1, 0.15) is 6.17 Å². The summed E-state index contributed by atoms with van der Waals surface area (Å²) < 4.78 is 16.6. The summed E-state index contributed by atoms with van der Waals surface area (Å²) in [5, 5.41) is 8.58. The number of hydrogen-bond acceptors (Lipinski definition) is 4. The van der Waals surface area contributed by atoms with Gasteiger partial charge in [-0.15, -0.1) is 0 Å². The van der Waals surface area contributed by atoms with Gasteiger partial charge in [-0.2, -0.15) is 0 Å². The minimum absolute atomic E-state index is 0.166. The van der Waals surface area contributed by atoms with Crippen LogP contribution in [0.5, 0.6) is 0 Å². The topological polar surface area (TPSA) is 66.8 Å². The first-order valence-electron chi connectivity index (χ1n) is 4.53. The minimum Gasteiger partial charge on any atom is -0.481 e. The van der Waals surface area contributed by atoms with Crippen molar-refractivity contribution < 1.29 is 23.8 Å². The van der Waals surface area contributed by atoms with E-state index in [1.807, 2.05) is 0 Å². The average Bonchev–Trinajstić information content (AvgIpc) is 2.16. The van der Waals surface area contributed by atoms with E-state index in [-0.39, 0.29) is 6.42 Å². The quantitative estimate of drug-likeness (QED) is 0.672. The zero-order chi connectivity index (χ0) is 11.8. The minimum atomic E-state index is -0.977. The van der Waals surface area contributed by atoms with Gasteiger partial charge in [0.05, 0.1) is 13.0 Å². The molecule has 88 valence electrons. The monoisotopic (exact) mass is 221 g/mol. The Bertz CT molecular complexity index is 202. The van der Waals surface area contributed by atoms with Crippen molar-refractivity contribution in [3.05, 3.63) is 0 Å². The predicted molar refractivity (Wildman–Crippen MR) is 51.2 cm³/mol. The number of methoxy groups -OCH3 is 1. The van der Waals surface area contributed by atoms with E-state index in [1.54, 1.807) is 11.9 Å². The maximum Gasteiger partial charge on any atom is 0.307 e. The second-order valence-electron chi connectivity index (χ2n) is 3.42. The number of nitrogens with zero attached hydrogens (tertiary/aromatic N) is 1. The van der Waals surface area contributed by atoms with Gasteiger partial charge in [-0.25, -0.2) is 4.39 Å². The highest BCUT2D eigenvalue weighted by Crippen LogP contribution is 2.17. The molecule has 0 spiro atoms. The van der Waals surface area contributed by atoms with Crippen LogP contribution in [-0.4, -0.2) is 55.9 Å². The molecule has 0 amide bonds. The van der Waals surface area contributed by atoms with Gasteiger partial charge < -0.3 is 14.7 Å². The van der Waals surface area contributed by atoms with E-state index in [1.165, 1.54) is 7.11 Å². The standard InChI is InChI=1S/C7H12FNO2.C2H4O2/c1-9-3-5(7(10)11)2-6(8)4-9;1-4-2-3/h5-6H,2-4H2,1H3,(H,10,11);2H,1H3. The zero-order valence-electron chi connectivity index (χ0n) is 8.85. The molecular weight excluding hydrogens is 205 g/mol. The number of piperidine rings is 1. The lowest BCUT2D eigenvalue weighted by Gasteiger charge is -2.29. The lowest BCUT2D eigenvalue weighted by molar-refractivity contribution is -0.144. The Morgan fingerprint density at radius 3 is 2.47 bits per heavy atom. The van der Waals surface area contributed by atoms with Crippen LogP contribution in [0.1, 0.15) is 6.42 Å². The normalized spacial score (nSPS) is 26.1.